The van der Waals surface area contributed by atoms with E-state index in [0.29, 0.717) is 24.2 Å². The fraction of sp³-hybridized carbons (Fsp3) is 0.500. The van der Waals surface area contributed by atoms with Crippen LogP contribution in [0.4, 0.5) is 4.39 Å². The van der Waals surface area contributed by atoms with E-state index in [0.717, 1.165) is 25.1 Å². The topological polar surface area (TPSA) is 54.2 Å². The molecule has 0 amide bonds. The fourth-order valence-electron chi connectivity index (χ4n) is 2.96. The van der Waals surface area contributed by atoms with Crippen molar-refractivity contribution in [2.45, 2.75) is 32.4 Å². The summed E-state index contributed by atoms with van der Waals surface area (Å²) in [6.45, 7) is 3.97. The van der Waals surface area contributed by atoms with Crippen molar-refractivity contribution in [2.24, 2.45) is 5.92 Å². The molecule has 2 aromatic rings. The van der Waals surface area contributed by atoms with Crippen LogP contribution in [0.25, 0.3) is 5.69 Å². The second-order valence-electron chi connectivity index (χ2n) is 6.16. The summed E-state index contributed by atoms with van der Waals surface area (Å²) in [6.07, 6.45) is 3.97. The minimum absolute atomic E-state index is 0.0648. The van der Waals surface area contributed by atoms with Gasteiger partial charge in [-0.05, 0) is 43.9 Å². The van der Waals surface area contributed by atoms with Gasteiger partial charge in [-0.25, -0.2) is 9.07 Å². The smallest absolute Gasteiger partial charge is 0.141 e. The summed E-state index contributed by atoms with van der Waals surface area (Å²) < 4.78 is 14.8. The maximum absolute atomic E-state index is 13.2. The summed E-state index contributed by atoms with van der Waals surface area (Å²) in [6, 6.07) is 4.92. The van der Waals surface area contributed by atoms with Crippen LogP contribution in [0.1, 0.15) is 25.5 Å². The monoisotopic (exact) mass is 338 g/mol. The molecule has 0 spiro atoms. The lowest BCUT2D eigenvalue weighted by molar-refractivity contribution is 0.0762. The van der Waals surface area contributed by atoms with Crippen LogP contribution in [-0.4, -0.2) is 44.2 Å². The van der Waals surface area contributed by atoms with Gasteiger partial charge in [0.2, 0.25) is 0 Å². The van der Waals surface area contributed by atoms with Gasteiger partial charge < -0.3 is 5.11 Å². The van der Waals surface area contributed by atoms with Crippen molar-refractivity contribution in [3.63, 3.8) is 0 Å². The van der Waals surface area contributed by atoms with Crippen LogP contribution >= 0.6 is 11.6 Å². The average Bonchev–Trinajstić information content (AvgIpc) is 3.01. The number of nitrogens with zero attached hydrogens (tertiary/aromatic N) is 4. The quantitative estimate of drug-likeness (QED) is 0.931. The van der Waals surface area contributed by atoms with Crippen molar-refractivity contribution in [1.29, 1.82) is 0 Å². The second kappa shape index (κ2) is 6.95. The summed E-state index contributed by atoms with van der Waals surface area (Å²) in [5, 5.41) is 17.7. The number of benzene rings is 1. The molecule has 1 aromatic carbocycles. The molecule has 1 N–H and O–H groups in total. The minimum atomic E-state index is -0.451. The van der Waals surface area contributed by atoms with Crippen LogP contribution < -0.4 is 0 Å². The molecule has 1 aliphatic heterocycles. The molecule has 23 heavy (non-hydrogen) atoms. The van der Waals surface area contributed by atoms with Crippen molar-refractivity contribution in [2.75, 3.05) is 13.2 Å². The molecule has 2 heterocycles. The third-order valence-corrected chi connectivity index (χ3v) is 4.73. The van der Waals surface area contributed by atoms with Crippen LogP contribution in [0, 0.1) is 11.7 Å². The van der Waals surface area contributed by atoms with Crippen LogP contribution in [0.3, 0.4) is 0 Å². The molecule has 1 aliphatic rings. The van der Waals surface area contributed by atoms with Crippen LogP contribution in [0.15, 0.2) is 24.4 Å². The summed E-state index contributed by atoms with van der Waals surface area (Å²) >= 11 is 5.81. The second-order valence-corrected chi connectivity index (χ2v) is 6.56. The maximum atomic E-state index is 13.2. The first-order valence-corrected chi connectivity index (χ1v) is 8.16. The molecule has 3 rings (SSSR count). The van der Waals surface area contributed by atoms with E-state index in [1.807, 2.05) is 6.20 Å². The first-order valence-electron chi connectivity index (χ1n) is 7.78. The number of piperidine rings is 1. The molecule has 5 nitrogen and oxygen atoms in total. The van der Waals surface area contributed by atoms with Gasteiger partial charge in [-0.2, -0.15) is 0 Å². The maximum Gasteiger partial charge on any atom is 0.141 e. The Labute approximate surface area is 139 Å². The molecule has 0 aliphatic carbocycles. The summed E-state index contributed by atoms with van der Waals surface area (Å²) in [5.74, 6) is -0.120. The Morgan fingerprint density at radius 2 is 2.22 bits per heavy atom. The predicted molar refractivity (Wildman–Crippen MR) is 86.0 cm³/mol. The molecule has 124 valence electrons. The molecule has 1 aromatic heterocycles. The number of rotatable bonds is 4. The molecule has 0 unspecified atom stereocenters. The van der Waals surface area contributed by atoms with E-state index in [4.69, 9.17) is 11.6 Å². The largest absolute Gasteiger partial charge is 0.396 e. The van der Waals surface area contributed by atoms with Gasteiger partial charge in [0.05, 0.1) is 22.6 Å². The molecule has 1 saturated heterocycles. The Hall–Kier alpha value is -1.50. The Kier molecular flexibility index (Phi) is 4.94. The van der Waals surface area contributed by atoms with E-state index in [-0.39, 0.29) is 11.6 Å². The van der Waals surface area contributed by atoms with Gasteiger partial charge in [-0.15, -0.1) is 5.10 Å². The molecule has 0 saturated carbocycles. The lowest BCUT2D eigenvalue weighted by Gasteiger charge is -2.36. The number of likely N-dealkylation sites (tertiary alicyclic amines) is 1. The molecular formula is C16H20ClFN4O. The van der Waals surface area contributed by atoms with Gasteiger partial charge in [-0.3, -0.25) is 4.90 Å². The zero-order valence-electron chi connectivity index (χ0n) is 13.0. The van der Waals surface area contributed by atoms with Crippen LogP contribution in [0.2, 0.25) is 5.02 Å². The number of aliphatic hydroxyl groups excluding tert-OH is 1. The van der Waals surface area contributed by atoms with E-state index in [9.17, 15) is 9.50 Å². The average molecular weight is 339 g/mol. The number of hydrogen-bond acceptors (Lipinski definition) is 4. The van der Waals surface area contributed by atoms with Crippen LogP contribution in [-0.2, 0) is 6.54 Å². The Balaban J connectivity index is 1.72. The van der Waals surface area contributed by atoms with Crippen LogP contribution in [0.5, 0.6) is 0 Å². The number of halogens is 2. The highest BCUT2D eigenvalue weighted by atomic mass is 35.5. The molecule has 0 bridgehead atoms. The van der Waals surface area contributed by atoms with E-state index >= 15 is 0 Å². The van der Waals surface area contributed by atoms with Crippen molar-refractivity contribution in [3.8, 4) is 5.69 Å². The fourth-order valence-corrected chi connectivity index (χ4v) is 3.14. The lowest BCUT2D eigenvalue weighted by atomic mass is 9.94. The van der Waals surface area contributed by atoms with E-state index in [2.05, 4.69) is 22.1 Å². The van der Waals surface area contributed by atoms with Crippen molar-refractivity contribution in [1.82, 2.24) is 19.9 Å². The van der Waals surface area contributed by atoms with Gasteiger partial charge in [-0.1, -0.05) is 16.8 Å². The summed E-state index contributed by atoms with van der Waals surface area (Å²) in [7, 11) is 0. The zero-order valence-corrected chi connectivity index (χ0v) is 13.7. The van der Waals surface area contributed by atoms with E-state index < -0.39 is 5.82 Å². The summed E-state index contributed by atoms with van der Waals surface area (Å²) in [5.41, 5.74) is 1.52. The van der Waals surface area contributed by atoms with Crippen molar-refractivity contribution >= 4 is 11.6 Å². The predicted octanol–water partition coefficient (Wildman–Crippen LogP) is 2.65. The standard InChI is InChI=1S/C16H20ClFN4O/c1-11-2-3-12(10-23)7-21(11)8-13-9-22(20-19-13)14-4-5-16(18)15(17)6-14/h4-6,9,11-12,23H,2-3,7-8,10H2,1H3/t11-,12-/m0/s1. The molecular weight excluding hydrogens is 319 g/mol. The van der Waals surface area contributed by atoms with Crippen molar-refractivity contribution < 1.29 is 9.50 Å². The van der Waals surface area contributed by atoms with Gasteiger partial charge in [0.25, 0.3) is 0 Å². The highest BCUT2D eigenvalue weighted by Gasteiger charge is 2.25. The molecule has 7 heteroatoms. The van der Waals surface area contributed by atoms with Gasteiger partial charge in [0, 0.05) is 25.7 Å². The van der Waals surface area contributed by atoms with E-state index in [1.54, 1.807) is 10.7 Å². The first-order chi connectivity index (χ1) is 11.1. The number of aromatic nitrogens is 3. The lowest BCUT2D eigenvalue weighted by Crippen LogP contribution is -2.42. The third kappa shape index (κ3) is 3.71. The highest BCUT2D eigenvalue weighted by Crippen LogP contribution is 2.23. The molecule has 1 fully saturated rings. The van der Waals surface area contributed by atoms with Gasteiger partial charge in [0.1, 0.15) is 5.82 Å². The Morgan fingerprint density at radius 1 is 1.39 bits per heavy atom. The molecule has 0 radical (unpaired) electrons. The van der Waals surface area contributed by atoms with Crippen molar-refractivity contribution in [3.05, 3.63) is 40.9 Å². The first kappa shape index (κ1) is 16.4. The Bertz CT molecular complexity index is 678. The van der Waals surface area contributed by atoms with Gasteiger partial charge >= 0.3 is 0 Å². The van der Waals surface area contributed by atoms with E-state index in [1.165, 1.54) is 12.1 Å². The number of aliphatic hydroxyl groups is 1. The zero-order chi connectivity index (χ0) is 16.4. The minimum Gasteiger partial charge on any atom is -0.396 e. The number of hydrogen-bond donors (Lipinski definition) is 1. The molecule has 2 atom stereocenters. The van der Waals surface area contributed by atoms with Gasteiger partial charge in [0.15, 0.2) is 0 Å². The third-order valence-electron chi connectivity index (χ3n) is 4.44. The normalized spacial score (nSPS) is 22.4. The highest BCUT2D eigenvalue weighted by molar-refractivity contribution is 6.30. The summed E-state index contributed by atoms with van der Waals surface area (Å²) in [4.78, 5) is 2.32. The Morgan fingerprint density at radius 3 is 2.96 bits per heavy atom. The SMILES string of the molecule is C[C@H]1CC[C@H](CO)CN1Cc1cn(-c2ccc(F)c(Cl)c2)nn1.